The first-order valence-corrected chi connectivity index (χ1v) is 6.53. The summed E-state index contributed by atoms with van der Waals surface area (Å²) in [6.45, 7) is 8.38. The quantitative estimate of drug-likeness (QED) is 0.779. The molecule has 3 nitrogen and oxygen atoms in total. The van der Waals surface area contributed by atoms with Crippen molar-refractivity contribution < 1.29 is 0 Å². The summed E-state index contributed by atoms with van der Waals surface area (Å²) in [5.74, 6) is 0.554. The van der Waals surface area contributed by atoms with Gasteiger partial charge in [-0.1, -0.05) is 12.6 Å². The smallest absolute Gasteiger partial charge is 0.292 e. The monoisotopic (exact) mass is 264 g/mol. The molecule has 0 saturated heterocycles. The van der Waals surface area contributed by atoms with E-state index in [0.717, 1.165) is 28.7 Å². The number of allylic oxidation sites excluding steroid dienone is 1. The number of aryl methyl sites for hydroxylation is 2. The number of alkyl halides is 1. The van der Waals surface area contributed by atoms with Gasteiger partial charge in [-0.2, -0.15) is 0 Å². The molecule has 1 heterocycles. The van der Waals surface area contributed by atoms with Gasteiger partial charge >= 0.3 is 5.69 Å². The Morgan fingerprint density at radius 1 is 1.39 bits per heavy atom. The van der Waals surface area contributed by atoms with Crippen LogP contribution in [0.15, 0.2) is 29.6 Å². The molecular formula is C14H17ClN2O. The van der Waals surface area contributed by atoms with Crippen molar-refractivity contribution in [3.8, 4) is 0 Å². The minimum atomic E-state index is -0.0341. The van der Waals surface area contributed by atoms with Crippen LogP contribution in [-0.4, -0.2) is 15.0 Å². The summed E-state index contributed by atoms with van der Waals surface area (Å²) in [7, 11) is 0. The normalized spacial score (nSPS) is 11.1. The van der Waals surface area contributed by atoms with E-state index in [4.69, 9.17) is 11.6 Å². The average Bonchev–Trinajstić information content (AvgIpc) is 2.58. The van der Waals surface area contributed by atoms with Crippen LogP contribution in [0.2, 0.25) is 0 Å². The number of imidazole rings is 1. The van der Waals surface area contributed by atoms with Gasteiger partial charge in [0.15, 0.2) is 0 Å². The van der Waals surface area contributed by atoms with Gasteiger partial charge in [0, 0.05) is 18.1 Å². The zero-order valence-electron chi connectivity index (χ0n) is 10.7. The van der Waals surface area contributed by atoms with E-state index < -0.39 is 0 Å². The van der Waals surface area contributed by atoms with E-state index in [0.29, 0.717) is 12.4 Å². The third kappa shape index (κ3) is 2.10. The topological polar surface area (TPSA) is 26.9 Å². The van der Waals surface area contributed by atoms with E-state index in [2.05, 4.69) is 6.58 Å². The Morgan fingerprint density at radius 3 is 2.72 bits per heavy atom. The van der Waals surface area contributed by atoms with E-state index in [-0.39, 0.29) is 5.69 Å². The van der Waals surface area contributed by atoms with E-state index >= 15 is 0 Å². The van der Waals surface area contributed by atoms with Gasteiger partial charge in [0.2, 0.25) is 0 Å². The number of fused-ring (bicyclic) bond motifs is 1. The minimum Gasteiger partial charge on any atom is -0.292 e. The lowest BCUT2D eigenvalue weighted by atomic mass is 10.2. The van der Waals surface area contributed by atoms with Crippen molar-refractivity contribution in [3.63, 3.8) is 0 Å². The molecule has 0 aliphatic carbocycles. The molecule has 0 bridgehead atoms. The fourth-order valence-electron chi connectivity index (χ4n) is 2.17. The molecule has 0 saturated carbocycles. The maximum absolute atomic E-state index is 12.4. The molecule has 2 aromatic rings. The lowest BCUT2D eigenvalue weighted by Crippen LogP contribution is -2.23. The Morgan fingerprint density at radius 2 is 2.11 bits per heavy atom. The zero-order chi connectivity index (χ0) is 13.3. The standard InChI is InChI=1S/C14H17ClN2O/c1-10(2)17-13-9-11(3)5-6-12(13)16(14(17)18)8-4-7-15/h5-6,9H,1,4,7-8H2,2-3H3. The van der Waals surface area contributed by atoms with Gasteiger partial charge in [-0.15, -0.1) is 11.6 Å². The van der Waals surface area contributed by atoms with Gasteiger partial charge < -0.3 is 0 Å². The van der Waals surface area contributed by atoms with Crippen LogP contribution >= 0.6 is 11.6 Å². The number of rotatable bonds is 4. The highest BCUT2D eigenvalue weighted by molar-refractivity contribution is 6.17. The molecule has 2 rings (SSSR count). The van der Waals surface area contributed by atoms with Crippen LogP contribution in [-0.2, 0) is 6.54 Å². The van der Waals surface area contributed by atoms with Gasteiger partial charge in [0.05, 0.1) is 11.0 Å². The number of hydrogen-bond donors (Lipinski definition) is 0. The van der Waals surface area contributed by atoms with Crippen molar-refractivity contribution in [3.05, 3.63) is 40.8 Å². The van der Waals surface area contributed by atoms with Crippen LogP contribution in [0.5, 0.6) is 0 Å². The number of hydrogen-bond acceptors (Lipinski definition) is 1. The van der Waals surface area contributed by atoms with Crippen LogP contribution in [0.4, 0.5) is 0 Å². The Hall–Kier alpha value is -1.48. The van der Waals surface area contributed by atoms with Crippen molar-refractivity contribution in [1.82, 2.24) is 9.13 Å². The van der Waals surface area contributed by atoms with Gasteiger partial charge in [-0.05, 0) is 38.0 Å². The SMILES string of the molecule is C=C(C)n1c(=O)n(CCCCl)c2ccc(C)cc21. The third-order valence-electron chi connectivity index (χ3n) is 2.98. The number of aromatic nitrogens is 2. The minimum absolute atomic E-state index is 0.0341. The van der Waals surface area contributed by atoms with Crippen LogP contribution in [0.25, 0.3) is 16.7 Å². The first kappa shape index (κ1) is 13.0. The number of nitrogens with zero attached hydrogens (tertiary/aromatic N) is 2. The molecule has 0 unspecified atom stereocenters. The molecule has 0 aliphatic heterocycles. The molecule has 96 valence electrons. The molecule has 1 aromatic carbocycles. The largest absolute Gasteiger partial charge is 0.333 e. The van der Waals surface area contributed by atoms with E-state index in [1.807, 2.05) is 32.0 Å². The molecule has 4 heteroatoms. The third-order valence-corrected chi connectivity index (χ3v) is 3.25. The Balaban J connectivity index is 2.75. The predicted molar refractivity (Wildman–Crippen MR) is 77.3 cm³/mol. The number of halogens is 1. The Kier molecular flexibility index (Phi) is 3.62. The molecule has 0 N–H and O–H groups in total. The highest BCUT2D eigenvalue weighted by Crippen LogP contribution is 2.18. The molecule has 0 radical (unpaired) electrons. The summed E-state index contributed by atoms with van der Waals surface area (Å²) >= 11 is 5.71. The highest BCUT2D eigenvalue weighted by atomic mass is 35.5. The van der Waals surface area contributed by atoms with E-state index in [1.165, 1.54) is 0 Å². The lowest BCUT2D eigenvalue weighted by Gasteiger charge is -2.01. The fraction of sp³-hybridized carbons (Fsp3) is 0.357. The summed E-state index contributed by atoms with van der Waals surface area (Å²) in [4.78, 5) is 12.4. The van der Waals surface area contributed by atoms with Gasteiger partial charge in [-0.25, -0.2) is 4.79 Å². The first-order chi connectivity index (χ1) is 8.56. The molecule has 0 atom stereocenters. The summed E-state index contributed by atoms with van der Waals surface area (Å²) in [6.07, 6.45) is 0.782. The first-order valence-electron chi connectivity index (χ1n) is 6.00. The second kappa shape index (κ2) is 5.02. The van der Waals surface area contributed by atoms with Crippen molar-refractivity contribution in [2.24, 2.45) is 0 Å². The summed E-state index contributed by atoms with van der Waals surface area (Å²) in [5, 5.41) is 0. The van der Waals surface area contributed by atoms with Crippen LogP contribution < -0.4 is 5.69 Å². The molecule has 1 aromatic heterocycles. The van der Waals surface area contributed by atoms with Crippen LogP contribution in [0.1, 0.15) is 18.9 Å². The van der Waals surface area contributed by atoms with Crippen molar-refractivity contribution in [2.45, 2.75) is 26.8 Å². The molecular weight excluding hydrogens is 248 g/mol. The van der Waals surface area contributed by atoms with Gasteiger partial charge in [0.25, 0.3) is 0 Å². The average molecular weight is 265 g/mol. The lowest BCUT2D eigenvalue weighted by molar-refractivity contribution is 0.668. The van der Waals surface area contributed by atoms with Crippen molar-refractivity contribution in [1.29, 1.82) is 0 Å². The van der Waals surface area contributed by atoms with Gasteiger partial charge in [-0.3, -0.25) is 9.13 Å². The van der Waals surface area contributed by atoms with E-state index in [9.17, 15) is 4.79 Å². The predicted octanol–water partition coefficient (Wildman–Crippen LogP) is 3.23. The van der Waals surface area contributed by atoms with E-state index in [1.54, 1.807) is 9.13 Å². The Bertz CT molecular complexity index is 652. The van der Waals surface area contributed by atoms with Crippen LogP contribution in [0, 0.1) is 6.92 Å². The molecule has 18 heavy (non-hydrogen) atoms. The zero-order valence-corrected chi connectivity index (χ0v) is 11.5. The molecule has 0 amide bonds. The van der Waals surface area contributed by atoms with Crippen molar-refractivity contribution >= 4 is 28.3 Å². The van der Waals surface area contributed by atoms with Crippen molar-refractivity contribution in [2.75, 3.05) is 5.88 Å². The second-order valence-corrected chi connectivity index (χ2v) is 4.92. The van der Waals surface area contributed by atoms with Gasteiger partial charge in [0.1, 0.15) is 0 Å². The second-order valence-electron chi connectivity index (χ2n) is 4.54. The van der Waals surface area contributed by atoms with Crippen LogP contribution in [0.3, 0.4) is 0 Å². The maximum atomic E-state index is 12.4. The molecule has 0 fully saturated rings. The molecule has 0 spiro atoms. The molecule has 0 aliphatic rings. The summed E-state index contributed by atoms with van der Waals surface area (Å²) in [6, 6.07) is 6.02. The Labute approximate surface area is 111 Å². The highest BCUT2D eigenvalue weighted by Gasteiger charge is 2.13. The number of benzene rings is 1. The summed E-state index contributed by atoms with van der Waals surface area (Å²) < 4.78 is 3.43. The summed E-state index contributed by atoms with van der Waals surface area (Å²) in [5.41, 5.74) is 3.70. The maximum Gasteiger partial charge on any atom is 0.333 e. The fourth-order valence-corrected chi connectivity index (χ4v) is 2.29.